The highest BCUT2D eigenvalue weighted by Gasteiger charge is 2.03. The lowest BCUT2D eigenvalue weighted by atomic mass is 10.3. The van der Waals surface area contributed by atoms with Crippen LogP contribution >= 0.6 is 15.9 Å². The van der Waals surface area contributed by atoms with Crippen LogP contribution in [-0.2, 0) is 0 Å². The molecular formula is C12H9BrN4O. The smallest absolute Gasteiger partial charge is 0.145 e. The first kappa shape index (κ1) is 12.3. The second kappa shape index (κ2) is 5.47. The summed E-state index contributed by atoms with van der Waals surface area (Å²) in [5.41, 5.74) is 1.16. The van der Waals surface area contributed by atoms with Crippen LogP contribution < -0.4 is 10.1 Å². The fourth-order valence-corrected chi connectivity index (χ4v) is 1.92. The molecule has 0 spiro atoms. The zero-order chi connectivity index (χ0) is 13.0. The average Bonchev–Trinajstić information content (AvgIpc) is 2.39. The van der Waals surface area contributed by atoms with Crippen molar-refractivity contribution < 1.29 is 4.74 Å². The van der Waals surface area contributed by atoms with Gasteiger partial charge in [-0.25, -0.2) is 9.97 Å². The Kier molecular flexibility index (Phi) is 3.75. The van der Waals surface area contributed by atoms with Gasteiger partial charge < -0.3 is 10.1 Å². The van der Waals surface area contributed by atoms with Gasteiger partial charge in [-0.2, -0.15) is 5.26 Å². The van der Waals surface area contributed by atoms with Crippen LogP contribution in [0.2, 0.25) is 0 Å². The van der Waals surface area contributed by atoms with Crippen LogP contribution in [0.3, 0.4) is 0 Å². The van der Waals surface area contributed by atoms with E-state index in [0.717, 1.165) is 15.9 Å². The Labute approximate surface area is 113 Å². The van der Waals surface area contributed by atoms with Crippen molar-refractivity contribution in [3.05, 3.63) is 40.8 Å². The van der Waals surface area contributed by atoms with E-state index < -0.39 is 0 Å². The quantitative estimate of drug-likeness (QED) is 0.944. The molecule has 5 nitrogen and oxygen atoms in total. The van der Waals surface area contributed by atoms with Crippen LogP contribution in [0.25, 0.3) is 0 Å². The average molecular weight is 305 g/mol. The number of nitriles is 1. The Morgan fingerprint density at radius 1 is 1.33 bits per heavy atom. The van der Waals surface area contributed by atoms with Crippen molar-refractivity contribution in [1.29, 1.82) is 5.26 Å². The Hall–Kier alpha value is -2.13. The van der Waals surface area contributed by atoms with Crippen LogP contribution in [0.1, 0.15) is 5.69 Å². The molecule has 6 heteroatoms. The van der Waals surface area contributed by atoms with Crippen molar-refractivity contribution in [3.8, 4) is 11.8 Å². The summed E-state index contributed by atoms with van der Waals surface area (Å²) >= 11 is 3.40. The van der Waals surface area contributed by atoms with Gasteiger partial charge in [0.15, 0.2) is 0 Å². The van der Waals surface area contributed by atoms with Crippen molar-refractivity contribution in [2.45, 2.75) is 0 Å². The van der Waals surface area contributed by atoms with Gasteiger partial charge in [-0.15, -0.1) is 0 Å². The van der Waals surface area contributed by atoms with Gasteiger partial charge >= 0.3 is 0 Å². The molecule has 0 atom stereocenters. The number of aromatic nitrogens is 2. The standard InChI is InChI=1S/C12H9BrN4O/c1-18-11-3-2-8(4-10(11)13)17-12-5-9(6-14)15-7-16-12/h2-5,7H,1H3,(H,15,16,17). The van der Waals surface area contributed by atoms with Crippen LogP contribution in [0.4, 0.5) is 11.5 Å². The fourth-order valence-electron chi connectivity index (χ4n) is 1.38. The van der Waals surface area contributed by atoms with E-state index in [1.807, 2.05) is 24.3 Å². The SMILES string of the molecule is COc1ccc(Nc2cc(C#N)ncn2)cc1Br. The van der Waals surface area contributed by atoms with Crippen molar-refractivity contribution in [2.75, 3.05) is 12.4 Å². The molecule has 0 saturated carbocycles. The maximum absolute atomic E-state index is 8.75. The molecule has 0 saturated heterocycles. The Bertz CT molecular complexity index is 609. The summed E-state index contributed by atoms with van der Waals surface area (Å²) in [6, 6.07) is 9.10. The largest absolute Gasteiger partial charge is 0.496 e. The number of methoxy groups -OCH3 is 1. The van der Waals surface area contributed by atoms with E-state index in [4.69, 9.17) is 10.00 Å². The second-order valence-electron chi connectivity index (χ2n) is 3.37. The Morgan fingerprint density at radius 3 is 2.83 bits per heavy atom. The molecule has 2 rings (SSSR count). The number of rotatable bonds is 3. The third-order valence-electron chi connectivity index (χ3n) is 2.21. The lowest BCUT2D eigenvalue weighted by Gasteiger charge is -2.08. The summed E-state index contributed by atoms with van der Waals surface area (Å²) in [4.78, 5) is 7.84. The molecule has 0 amide bonds. The molecule has 90 valence electrons. The number of nitrogens with zero attached hydrogens (tertiary/aromatic N) is 3. The summed E-state index contributed by atoms with van der Waals surface area (Å²) in [6.45, 7) is 0. The lowest BCUT2D eigenvalue weighted by Crippen LogP contribution is -1.96. The summed E-state index contributed by atoms with van der Waals surface area (Å²) in [5.74, 6) is 1.32. The molecule has 1 aromatic heterocycles. The third kappa shape index (κ3) is 2.76. The molecule has 0 aliphatic carbocycles. The zero-order valence-corrected chi connectivity index (χ0v) is 11.1. The van der Waals surface area contributed by atoms with Crippen LogP contribution in [0, 0.1) is 11.3 Å². The van der Waals surface area contributed by atoms with Gasteiger partial charge in [-0.3, -0.25) is 0 Å². The third-order valence-corrected chi connectivity index (χ3v) is 2.83. The van der Waals surface area contributed by atoms with Crippen molar-refractivity contribution in [2.24, 2.45) is 0 Å². The normalized spacial score (nSPS) is 9.61. The summed E-state index contributed by atoms with van der Waals surface area (Å²) in [7, 11) is 1.61. The van der Waals surface area contributed by atoms with E-state index in [0.29, 0.717) is 11.5 Å². The molecule has 0 bridgehead atoms. The highest BCUT2D eigenvalue weighted by molar-refractivity contribution is 9.10. The number of ether oxygens (including phenoxy) is 1. The molecule has 0 fully saturated rings. The maximum atomic E-state index is 8.75. The number of benzene rings is 1. The highest BCUT2D eigenvalue weighted by Crippen LogP contribution is 2.28. The minimum Gasteiger partial charge on any atom is -0.496 e. The molecule has 18 heavy (non-hydrogen) atoms. The topological polar surface area (TPSA) is 70.8 Å². The number of hydrogen-bond acceptors (Lipinski definition) is 5. The summed E-state index contributed by atoms with van der Waals surface area (Å²) in [6.07, 6.45) is 1.35. The number of halogens is 1. The molecule has 0 unspecified atom stereocenters. The lowest BCUT2D eigenvalue weighted by molar-refractivity contribution is 0.412. The van der Waals surface area contributed by atoms with E-state index in [1.54, 1.807) is 13.2 Å². The van der Waals surface area contributed by atoms with E-state index in [-0.39, 0.29) is 0 Å². The van der Waals surface area contributed by atoms with Gasteiger partial charge in [0.2, 0.25) is 0 Å². The number of nitrogens with one attached hydrogen (secondary N) is 1. The number of hydrogen-bond donors (Lipinski definition) is 1. The molecule has 1 heterocycles. The molecule has 0 radical (unpaired) electrons. The zero-order valence-electron chi connectivity index (χ0n) is 9.51. The van der Waals surface area contributed by atoms with Crippen LogP contribution in [0.15, 0.2) is 35.1 Å². The monoisotopic (exact) mass is 304 g/mol. The minimum absolute atomic E-state index is 0.320. The Morgan fingerprint density at radius 2 is 2.17 bits per heavy atom. The van der Waals surface area contributed by atoms with Crippen LogP contribution in [0.5, 0.6) is 5.75 Å². The molecule has 1 aromatic carbocycles. The second-order valence-corrected chi connectivity index (χ2v) is 4.23. The molecule has 2 aromatic rings. The van der Waals surface area contributed by atoms with Crippen molar-refractivity contribution >= 4 is 27.4 Å². The van der Waals surface area contributed by atoms with E-state index in [9.17, 15) is 0 Å². The van der Waals surface area contributed by atoms with Gasteiger partial charge in [-0.1, -0.05) is 0 Å². The number of anilines is 2. The predicted octanol–water partition coefficient (Wildman–Crippen LogP) is 2.86. The van der Waals surface area contributed by atoms with Crippen molar-refractivity contribution in [3.63, 3.8) is 0 Å². The molecule has 0 aliphatic heterocycles. The Balaban J connectivity index is 2.23. The minimum atomic E-state index is 0.320. The van der Waals surface area contributed by atoms with E-state index in [2.05, 4.69) is 31.2 Å². The molecule has 1 N–H and O–H groups in total. The maximum Gasteiger partial charge on any atom is 0.145 e. The first-order valence-electron chi connectivity index (χ1n) is 5.05. The fraction of sp³-hybridized carbons (Fsp3) is 0.0833. The molecular weight excluding hydrogens is 296 g/mol. The van der Waals surface area contributed by atoms with Gasteiger partial charge in [-0.05, 0) is 34.1 Å². The van der Waals surface area contributed by atoms with Gasteiger partial charge in [0.25, 0.3) is 0 Å². The first-order valence-corrected chi connectivity index (χ1v) is 5.85. The highest BCUT2D eigenvalue weighted by atomic mass is 79.9. The molecule has 0 aliphatic rings. The van der Waals surface area contributed by atoms with Gasteiger partial charge in [0, 0.05) is 11.8 Å². The summed E-state index contributed by atoms with van der Waals surface area (Å²) in [5, 5.41) is 11.8. The summed E-state index contributed by atoms with van der Waals surface area (Å²) < 4.78 is 5.98. The van der Waals surface area contributed by atoms with Gasteiger partial charge in [0.05, 0.1) is 11.6 Å². The predicted molar refractivity (Wildman–Crippen MR) is 70.7 cm³/mol. The van der Waals surface area contributed by atoms with E-state index >= 15 is 0 Å². The van der Waals surface area contributed by atoms with Crippen LogP contribution in [-0.4, -0.2) is 17.1 Å². The van der Waals surface area contributed by atoms with E-state index in [1.165, 1.54) is 6.33 Å². The van der Waals surface area contributed by atoms with Gasteiger partial charge in [0.1, 0.15) is 29.7 Å². The van der Waals surface area contributed by atoms with Crippen molar-refractivity contribution in [1.82, 2.24) is 9.97 Å². The first-order chi connectivity index (χ1) is 8.72.